The molecule has 1 amide bonds. The summed E-state index contributed by atoms with van der Waals surface area (Å²) in [7, 11) is 1.71. The van der Waals surface area contributed by atoms with E-state index in [2.05, 4.69) is 15.0 Å². The van der Waals surface area contributed by atoms with E-state index >= 15 is 0 Å². The molecule has 0 bridgehead atoms. The molecule has 4 heterocycles. The molecule has 158 valence electrons. The Hall–Kier alpha value is -2.66. The molecular weight excluding hydrogens is 419 g/mol. The molecule has 1 aliphatic rings. The summed E-state index contributed by atoms with van der Waals surface area (Å²) in [6, 6.07) is 2.80. The smallest absolute Gasteiger partial charge is 0.370 e. The third-order valence-corrected chi connectivity index (χ3v) is 5.62. The number of amides is 1. The number of carbonyl (C=O) groups excluding carboxylic acids is 1. The molecule has 0 spiro atoms. The fraction of sp³-hybridized carbons (Fsp3) is 0.368. The van der Waals surface area contributed by atoms with Gasteiger partial charge >= 0.3 is 6.18 Å². The van der Waals surface area contributed by atoms with Gasteiger partial charge in [-0.3, -0.25) is 4.79 Å². The largest absolute Gasteiger partial charge is 0.433 e. The van der Waals surface area contributed by atoms with Crippen molar-refractivity contribution in [2.45, 2.75) is 18.0 Å². The van der Waals surface area contributed by atoms with Crippen LogP contribution in [0.5, 0.6) is 0 Å². The summed E-state index contributed by atoms with van der Waals surface area (Å²) in [6.07, 6.45) is -1.79. The molecule has 30 heavy (non-hydrogen) atoms. The minimum atomic E-state index is -4.54. The molecule has 0 radical (unpaired) electrons. The lowest BCUT2D eigenvalue weighted by molar-refractivity contribution is -0.141. The molecule has 1 saturated heterocycles. The van der Waals surface area contributed by atoms with Crippen molar-refractivity contribution in [1.82, 2.24) is 19.5 Å². The number of carbonyl (C=O) groups is 1. The number of hydrogen-bond acceptors (Lipinski definition) is 6. The Morgan fingerprint density at radius 1 is 1.23 bits per heavy atom. The predicted molar refractivity (Wildman–Crippen MR) is 106 cm³/mol. The maximum atomic E-state index is 13.0. The first-order chi connectivity index (χ1) is 14.3. The molecule has 0 atom stereocenters. The number of morpholine rings is 1. The highest BCUT2D eigenvalue weighted by molar-refractivity contribution is 7.99. The van der Waals surface area contributed by atoms with Gasteiger partial charge in [0.1, 0.15) is 18.0 Å². The molecule has 0 unspecified atom stereocenters. The Kier molecular flexibility index (Phi) is 5.41. The number of thioether (sulfide) groups is 1. The highest BCUT2D eigenvalue weighted by Gasteiger charge is 2.33. The van der Waals surface area contributed by atoms with Gasteiger partial charge in [0.05, 0.1) is 35.7 Å². The number of halogens is 3. The van der Waals surface area contributed by atoms with E-state index in [4.69, 9.17) is 4.74 Å². The summed E-state index contributed by atoms with van der Waals surface area (Å²) in [5.41, 5.74) is 0.870. The van der Waals surface area contributed by atoms with Crippen molar-refractivity contribution in [2.75, 3.05) is 30.4 Å². The first-order valence-corrected chi connectivity index (χ1v) is 10.2. The van der Waals surface area contributed by atoms with E-state index in [0.29, 0.717) is 35.9 Å². The van der Waals surface area contributed by atoms with Crippen LogP contribution in [0, 0.1) is 0 Å². The van der Waals surface area contributed by atoms with Crippen molar-refractivity contribution in [1.29, 1.82) is 0 Å². The number of rotatable bonds is 4. The number of nitrogens with zero attached hydrogens (tertiary/aromatic N) is 5. The van der Waals surface area contributed by atoms with Crippen molar-refractivity contribution >= 4 is 34.4 Å². The van der Waals surface area contributed by atoms with Crippen molar-refractivity contribution in [3.63, 3.8) is 0 Å². The van der Waals surface area contributed by atoms with Gasteiger partial charge in [-0.15, -0.1) is 11.8 Å². The fourth-order valence-electron chi connectivity index (χ4n) is 3.26. The van der Waals surface area contributed by atoms with Gasteiger partial charge in [0.2, 0.25) is 0 Å². The van der Waals surface area contributed by atoms with Crippen LogP contribution in [0.2, 0.25) is 0 Å². The summed E-state index contributed by atoms with van der Waals surface area (Å²) in [4.78, 5) is 27.0. The van der Waals surface area contributed by atoms with Gasteiger partial charge in [-0.1, -0.05) is 6.92 Å². The molecule has 0 N–H and O–H groups in total. The number of imidazole rings is 1. The van der Waals surface area contributed by atoms with E-state index in [9.17, 15) is 18.0 Å². The number of aryl methyl sites for hydroxylation is 1. The first-order valence-electron chi connectivity index (χ1n) is 9.20. The normalized spacial score (nSPS) is 15.2. The average molecular weight is 437 g/mol. The third kappa shape index (κ3) is 3.74. The molecule has 1 fully saturated rings. The summed E-state index contributed by atoms with van der Waals surface area (Å²) in [5, 5.41) is 0. The van der Waals surface area contributed by atoms with Crippen LogP contribution in [0.25, 0.3) is 22.6 Å². The van der Waals surface area contributed by atoms with Crippen LogP contribution in [-0.4, -0.2) is 50.9 Å². The lowest BCUT2D eigenvalue weighted by Gasteiger charge is -2.27. The van der Waals surface area contributed by atoms with Crippen molar-refractivity contribution < 1.29 is 22.7 Å². The zero-order chi connectivity index (χ0) is 21.5. The molecular formula is C19H18F3N5O2S. The van der Waals surface area contributed by atoms with E-state index in [-0.39, 0.29) is 18.0 Å². The zero-order valence-electron chi connectivity index (χ0n) is 16.2. The van der Waals surface area contributed by atoms with E-state index in [0.717, 1.165) is 16.7 Å². The van der Waals surface area contributed by atoms with Gasteiger partial charge in [0, 0.05) is 18.5 Å². The van der Waals surface area contributed by atoms with Crippen LogP contribution >= 0.6 is 11.8 Å². The highest BCUT2D eigenvalue weighted by atomic mass is 32.2. The number of fused-ring (bicyclic) bond motifs is 1. The minimum Gasteiger partial charge on any atom is -0.370 e. The highest BCUT2D eigenvalue weighted by Crippen LogP contribution is 2.35. The van der Waals surface area contributed by atoms with Crippen molar-refractivity contribution in [3.05, 3.63) is 30.2 Å². The second-order valence-electron chi connectivity index (χ2n) is 6.62. The molecule has 11 heteroatoms. The number of aromatic nitrogens is 4. The molecule has 0 saturated carbocycles. The van der Waals surface area contributed by atoms with Crippen LogP contribution < -0.4 is 4.90 Å². The first kappa shape index (κ1) is 20.6. The Morgan fingerprint density at radius 2 is 2.03 bits per heavy atom. The van der Waals surface area contributed by atoms with Crippen LogP contribution in [0.15, 0.2) is 29.4 Å². The number of pyridine rings is 2. The van der Waals surface area contributed by atoms with E-state index in [1.165, 1.54) is 18.0 Å². The Labute approximate surface area is 174 Å². The van der Waals surface area contributed by atoms with Crippen LogP contribution in [0.1, 0.15) is 12.6 Å². The maximum absolute atomic E-state index is 13.0. The predicted octanol–water partition coefficient (Wildman–Crippen LogP) is 3.52. The minimum absolute atomic E-state index is 0.0251. The van der Waals surface area contributed by atoms with Gasteiger partial charge < -0.3 is 14.2 Å². The number of ether oxygens (including phenoxy) is 1. The molecule has 4 rings (SSSR count). The Balaban J connectivity index is 1.80. The summed E-state index contributed by atoms with van der Waals surface area (Å²) < 4.78 is 45.9. The molecule has 1 aliphatic heterocycles. The van der Waals surface area contributed by atoms with Gasteiger partial charge in [0.15, 0.2) is 5.82 Å². The van der Waals surface area contributed by atoms with Crippen LogP contribution in [-0.2, 0) is 22.8 Å². The van der Waals surface area contributed by atoms with Crippen molar-refractivity contribution in [2.24, 2.45) is 7.05 Å². The maximum Gasteiger partial charge on any atom is 0.433 e. The third-order valence-electron chi connectivity index (χ3n) is 4.71. The van der Waals surface area contributed by atoms with Crippen LogP contribution in [0.3, 0.4) is 0 Å². The number of alkyl halides is 3. The van der Waals surface area contributed by atoms with E-state index in [1.54, 1.807) is 22.7 Å². The Morgan fingerprint density at radius 3 is 2.73 bits per heavy atom. The standard InChI is InChI=1S/C19H18F3N5O2S/c1-3-30-14-6-11(27-4-5-29-10-16(27)28)8-24-17(14)18-25-12-7-15(19(20,21)22)23-9-13(12)26(18)2/h6-9H,3-5,10H2,1-2H3. The summed E-state index contributed by atoms with van der Waals surface area (Å²) in [6.45, 7) is 2.89. The van der Waals surface area contributed by atoms with Gasteiger partial charge in [-0.05, 0) is 17.9 Å². The molecule has 3 aromatic rings. The van der Waals surface area contributed by atoms with Crippen molar-refractivity contribution in [3.8, 4) is 11.5 Å². The summed E-state index contributed by atoms with van der Waals surface area (Å²) in [5.74, 6) is 1.04. The zero-order valence-corrected chi connectivity index (χ0v) is 17.0. The average Bonchev–Trinajstić information content (AvgIpc) is 3.04. The summed E-state index contributed by atoms with van der Waals surface area (Å²) >= 11 is 1.52. The fourth-order valence-corrected chi connectivity index (χ4v) is 4.06. The monoisotopic (exact) mass is 437 g/mol. The van der Waals surface area contributed by atoms with Gasteiger partial charge in [-0.2, -0.15) is 13.2 Å². The number of anilines is 1. The van der Waals surface area contributed by atoms with E-state index in [1.807, 2.05) is 13.0 Å². The van der Waals surface area contributed by atoms with E-state index < -0.39 is 11.9 Å². The number of hydrogen-bond donors (Lipinski definition) is 0. The molecule has 0 aromatic carbocycles. The second-order valence-corrected chi connectivity index (χ2v) is 7.93. The second kappa shape index (κ2) is 7.88. The molecule has 3 aromatic heterocycles. The Bertz CT molecular complexity index is 1120. The van der Waals surface area contributed by atoms with Crippen LogP contribution in [0.4, 0.5) is 18.9 Å². The molecule has 7 nitrogen and oxygen atoms in total. The quantitative estimate of drug-likeness (QED) is 0.582. The SMILES string of the molecule is CCSc1cc(N2CCOCC2=O)cnc1-c1nc2cc(C(F)(F)F)ncc2n1C. The molecule has 0 aliphatic carbocycles. The van der Waals surface area contributed by atoms with Gasteiger partial charge in [-0.25, -0.2) is 15.0 Å². The van der Waals surface area contributed by atoms with Gasteiger partial charge in [0.25, 0.3) is 5.91 Å². The topological polar surface area (TPSA) is 73.1 Å². The lowest BCUT2D eigenvalue weighted by Crippen LogP contribution is -2.41. The lowest BCUT2D eigenvalue weighted by atomic mass is 10.2.